The Morgan fingerprint density at radius 2 is 1.83 bits per heavy atom. The Labute approximate surface area is 293 Å². The van der Waals surface area contributed by atoms with E-state index in [9.17, 15) is 4.21 Å². The van der Waals surface area contributed by atoms with Crippen molar-refractivity contribution >= 4 is 38.4 Å². The maximum absolute atomic E-state index is 13.8. The molecule has 2 aliphatic heterocycles. The van der Waals surface area contributed by atoms with Crippen LogP contribution in [0.4, 0.5) is 0 Å². The minimum absolute atomic E-state index is 0.244. The fourth-order valence-corrected chi connectivity index (χ4v) is 8.25. The molecule has 10 heteroatoms. The first-order valence-corrected chi connectivity index (χ1v) is 19.1. The van der Waals surface area contributed by atoms with Gasteiger partial charge in [0.05, 0.1) is 35.3 Å². The topological polar surface area (TPSA) is 89.8 Å². The highest BCUT2D eigenvalue weighted by atomic mass is 32.2. The fourth-order valence-electron chi connectivity index (χ4n) is 6.03. The van der Waals surface area contributed by atoms with Crippen molar-refractivity contribution < 1.29 is 14.1 Å². The number of benzene rings is 2. The Bertz CT molecular complexity index is 1570. The van der Waals surface area contributed by atoms with E-state index in [0.29, 0.717) is 29.4 Å². The third kappa shape index (κ3) is 12.1. The normalized spacial score (nSPS) is 22.2. The number of piperazine rings is 1. The van der Waals surface area contributed by atoms with Crippen molar-refractivity contribution in [1.82, 2.24) is 14.5 Å². The number of rotatable bonds is 6. The molecule has 0 aromatic heterocycles. The average Bonchev–Trinajstić information content (AvgIpc) is 3.65. The summed E-state index contributed by atoms with van der Waals surface area (Å²) in [6, 6.07) is 21.6. The minimum Gasteiger partial charge on any atom is -0.481 e. The molecule has 258 valence electrons. The molecule has 2 heterocycles. The van der Waals surface area contributed by atoms with Gasteiger partial charge in [-0.05, 0) is 67.4 Å². The number of hydrogen-bond donors (Lipinski definition) is 2. The lowest BCUT2D eigenvalue weighted by Crippen LogP contribution is -2.48. The molecule has 3 unspecified atom stereocenters. The van der Waals surface area contributed by atoms with Crippen LogP contribution in [0.15, 0.2) is 81.6 Å². The second kappa shape index (κ2) is 20.6. The second-order valence-electron chi connectivity index (χ2n) is 12.0. The third-order valence-electron chi connectivity index (χ3n) is 8.65. The molecule has 2 aromatic rings. The van der Waals surface area contributed by atoms with E-state index in [0.717, 1.165) is 30.4 Å². The minimum atomic E-state index is -2.48. The number of nitrogens with one attached hydrogen (secondary N) is 1. The van der Waals surface area contributed by atoms with Crippen LogP contribution in [0.2, 0.25) is 0 Å². The molecule has 0 amide bonds. The first kappa shape index (κ1) is 38.8. The van der Waals surface area contributed by atoms with E-state index in [1.165, 1.54) is 55.0 Å². The van der Waals surface area contributed by atoms with Gasteiger partial charge in [0.25, 0.3) is 0 Å². The zero-order valence-electron chi connectivity index (χ0n) is 28.8. The van der Waals surface area contributed by atoms with Crippen LogP contribution in [-0.4, -0.2) is 81.7 Å². The van der Waals surface area contributed by atoms with E-state index in [4.69, 9.17) is 9.84 Å². The standard InChI is InChI=1S/C26H36N2OS.C9H11N3O2S.C3H4/c1-21(19-22-9-7-8-10-22)23-13-15-25(16-14-23)30(3,29)28-18-17-27(2)26(20-28)24-11-5-4-6-12-24;1-14-8-3-2-4-10-9(11-5-6-13)15-7-12-8;1-3-2/h4-6,11-16,21-22,26H,3,7-10,17-20H2,1-2H3;2-3,13H,4,7H2,1H3,(H,10,11);1H,2H3/b;3-2-,12-8+;. The first-order valence-electron chi connectivity index (χ1n) is 16.4. The Morgan fingerprint density at radius 1 is 1.15 bits per heavy atom. The monoisotopic (exact) mass is 689 g/mol. The number of likely N-dealkylation sites (N-methyl/N-ethyl adjacent to an activating group) is 1. The molecular weight excluding hydrogens is 639 g/mol. The number of aliphatic hydroxyl groups excluding tert-OH is 1. The van der Waals surface area contributed by atoms with Crippen LogP contribution in [0.5, 0.6) is 0 Å². The molecule has 3 atom stereocenters. The molecule has 2 aromatic carbocycles. The molecular formula is C38H51N5O3S2. The summed E-state index contributed by atoms with van der Waals surface area (Å²) in [6.07, 6.45) is 16.8. The summed E-state index contributed by atoms with van der Waals surface area (Å²) in [5.41, 5.74) is 2.64. The molecule has 1 aliphatic carbocycles. The van der Waals surface area contributed by atoms with Crippen molar-refractivity contribution in [2.24, 2.45) is 15.9 Å². The largest absolute Gasteiger partial charge is 0.481 e. The molecule has 0 bridgehead atoms. The Kier molecular flexibility index (Phi) is 16.7. The van der Waals surface area contributed by atoms with Crippen molar-refractivity contribution in [3.05, 3.63) is 77.9 Å². The molecule has 2 fully saturated rings. The van der Waals surface area contributed by atoms with Crippen LogP contribution < -0.4 is 5.32 Å². The summed E-state index contributed by atoms with van der Waals surface area (Å²) in [4.78, 5) is 11.6. The maximum Gasteiger partial charge on any atom is 0.208 e. The number of hydrogen-bond acceptors (Lipinski definition) is 8. The lowest BCUT2D eigenvalue weighted by Gasteiger charge is -2.40. The van der Waals surface area contributed by atoms with Crippen LogP contribution in [0, 0.1) is 30.4 Å². The first-order chi connectivity index (χ1) is 23.2. The lowest BCUT2D eigenvalue weighted by atomic mass is 9.89. The van der Waals surface area contributed by atoms with E-state index in [2.05, 4.69) is 111 Å². The zero-order chi connectivity index (χ0) is 34.8. The predicted octanol–water partition coefficient (Wildman–Crippen LogP) is 6.52. The number of aliphatic hydroxyl groups is 1. The van der Waals surface area contributed by atoms with Crippen molar-refractivity contribution in [2.45, 2.75) is 62.8 Å². The summed E-state index contributed by atoms with van der Waals surface area (Å²) < 4.78 is 20.9. The molecule has 0 spiro atoms. The fraction of sp³-hybridized carbons (Fsp3) is 0.447. The Hall–Kier alpha value is -3.67. The highest BCUT2D eigenvalue weighted by molar-refractivity contribution is 8.13. The van der Waals surface area contributed by atoms with E-state index < -0.39 is 9.71 Å². The van der Waals surface area contributed by atoms with E-state index in [-0.39, 0.29) is 6.04 Å². The molecule has 2 N–H and O–H groups in total. The second-order valence-corrected chi connectivity index (χ2v) is 15.2. The van der Waals surface area contributed by atoms with Crippen LogP contribution in [0.1, 0.15) is 69.0 Å². The van der Waals surface area contributed by atoms with Crippen LogP contribution >= 0.6 is 11.8 Å². The molecule has 48 heavy (non-hydrogen) atoms. The Balaban J connectivity index is 0.000000292. The maximum atomic E-state index is 13.8. The summed E-state index contributed by atoms with van der Waals surface area (Å²) in [5.74, 6) is 8.98. The smallest absolute Gasteiger partial charge is 0.208 e. The van der Waals surface area contributed by atoms with Crippen LogP contribution in [0.25, 0.3) is 0 Å². The summed E-state index contributed by atoms with van der Waals surface area (Å²) in [5, 5.41) is 11.6. The number of nitrogens with zero attached hydrogens (tertiary/aromatic N) is 4. The Morgan fingerprint density at radius 3 is 2.48 bits per heavy atom. The van der Waals surface area contributed by atoms with Gasteiger partial charge in [-0.25, -0.2) is 13.5 Å². The van der Waals surface area contributed by atoms with E-state index >= 15 is 0 Å². The van der Waals surface area contributed by atoms with Crippen molar-refractivity contribution in [3.8, 4) is 24.5 Å². The highest BCUT2D eigenvalue weighted by Crippen LogP contribution is 2.34. The molecule has 0 radical (unpaired) electrons. The van der Waals surface area contributed by atoms with E-state index in [1.807, 2.05) is 12.1 Å². The SMILES string of the molecule is C#CC.C=S(=O)(c1ccc(C(C)CC2CCCC2)cc1)N1CCN(C)C(c2ccccc2)C1.COC1=N/CSC(NC#CO)=NC/C=C\1. The van der Waals surface area contributed by atoms with Crippen LogP contribution in [-0.2, 0) is 14.4 Å². The van der Waals surface area contributed by atoms with Gasteiger partial charge in [0, 0.05) is 30.6 Å². The van der Waals surface area contributed by atoms with Crippen LogP contribution in [0.3, 0.4) is 0 Å². The van der Waals surface area contributed by atoms with Gasteiger partial charge in [-0.15, -0.1) is 12.3 Å². The summed E-state index contributed by atoms with van der Waals surface area (Å²) in [7, 11) is 1.24. The van der Waals surface area contributed by atoms with Gasteiger partial charge in [0.2, 0.25) is 5.90 Å². The highest BCUT2D eigenvalue weighted by Gasteiger charge is 2.30. The molecule has 1 saturated heterocycles. The van der Waals surface area contributed by atoms with Gasteiger partial charge in [-0.2, -0.15) is 0 Å². The van der Waals surface area contributed by atoms with Gasteiger partial charge < -0.3 is 9.84 Å². The lowest BCUT2D eigenvalue weighted by molar-refractivity contribution is 0.151. The average molecular weight is 690 g/mol. The van der Waals surface area contributed by atoms with E-state index in [1.54, 1.807) is 26.2 Å². The van der Waals surface area contributed by atoms with Gasteiger partial charge >= 0.3 is 0 Å². The van der Waals surface area contributed by atoms with Gasteiger partial charge in [0.15, 0.2) is 5.17 Å². The van der Waals surface area contributed by atoms with Crippen molar-refractivity contribution in [3.63, 3.8) is 0 Å². The molecule has 1 saturated carbocycles. The molecule has 3 aliphatic rings. The van der Waals surface area contributed by atoms with Crippen molar-refractivity contribution in [1.29, 1.82) is 0 Å². The molecule has 5 rings (SSSR count). The number of thioether (sulfide) groups is 1. The predicted molar refractivity (Wildman–Crippen MR) is 204 cm³/mol. The number of amidine groups is 1. The number of ether oxygens (including phenoxy) is 1. The summed E-state index contributed by atoms with van der Waals surface area (Å²) in [6.45, 7) is 6.91. The number of aliphatic imine (C=N–C) groups is 2. The summed E-state index contributed by atoms with van der Waals surface area (Å²) >= 11 is 1.39. The zero-order valence-corrected chi connectivity index (χ0v) is 30.4. The van der Waals surface area contributed by atoms with Gasteiger partial charge in [-0.1, -0.05) is 92.9 Å². The number of terminal acetylenes is 1. The van der Waals surface area contributed by atoms with Crippen molar-refractivity contribution in [2.75, 3.05) is 46.2 Å². The quantitative estimate of drug-likeness (QED) is 0.204. The van der Waals surface area contributed by atoms with Gasteiger partial charge in [-0.3, -0.25) is 15.2 Å². The molecule has 8 nitrogen and oxygen atoms in total. The number of methoxy groups -OCH3 is 1. The third-order valence-corrected chi connectivity index (χ3v) is 11.6. The van der Waals surface area contributed by atoms with Gasteiger partial charge in [0.1, 0.15) is 6.11 Å².